The van der Waals surface area contributed by atoms with Gasteiger partial charge in [0.15, 0.2) is 0 Å². The van der Waals surface area contributed by atoms with Gasteiger partial charge in [0, 0.05) is 13.2 Å². The van der Waals surface area contributed by atoms with Crippen molar-refractivity contribution in [2.24, 2.45) is 0 Å². The van der Waals surface area contributed by atoms with E-state index in [9.17, 15) is 0 Å². The first-order valence-electron chi connectivity index (χ1n) is 5.95. The van der Waals surface area contributed by atoms with Crippen molar-refractivity contribution >= 4 is 5.95 Å². The van der Waals surface area contributed by atoms with Gasteiger partial charge in [-0.2, -0.15) is 9.97 Å². The molecule has 1 N–H and O–H groups in total. The second kappa shape index (κ2) is 8.46. The fraction of sp³-hybridized carbons (Fsp3) is 0.727. The Kier molecular flexibility index (Phi) is 6.78. The predicted molar refractivity (Wildman–Crippen MR) is 67.1 cm³/mol. The third-order valence-corrected chi connectivity index (χ3v) is 2.13. The van der Waals surface area contributed by atoms with E-state index in [1.54, 1.807) is 0 Å². The third kappa shape index (κ3) is 5.13. The Balaban J connectivity index is 2.36. The molecule has 7 nitrogen and oxygen atoms in total. The molecule has 0 radical (unpaired) electrons. The summed E-state index contributed by atoms with van der Waals surface area (Å²) in [6.45, 7) is 4.14. The van der Waals surface area contributed by atoms with E-state index in [1.807, 2.05) is 0 Å². The maximum atomic E-state index is 5.41. The van der Waals surface area contributed by atoms with Crippen LogP contribution in [0.5, 0.6) is 12.0 Å². The monoisotopic (exact) mass is 256 g/mol. The Morgan fingerprint density at radius 1 is 1.00 bits per heavy atom. The lowest BCUT2D eigenvalue weighted by Crippen LogP contribution is -2.13. The van der Waals surface area contributed by atoms with E-state index in [1.165, 1.54) is 14.2 Å². The van der Waals surface area contributed by atoms with Crippen LogP contribution >= 0.6 is 0 Å². The van der Waals surface area contributed by atoms with Gasteiger partial charge in [-0.3, -0.25) is 0 Å². The zero-order valence-electron chi connectivity index (χ0n) is 11.1. The molecule has 1 aromatic heterocycles. The minimum atomic E-state index is 0.219. The summed E-state index contributed by atoms with van der Waals surface area (Å²) in [5.74, 6) is 0.415. The fourth-order valence-corrected chi connectivity index (χ4v) is 1.18. The number of anilines is 1. The van der Waals surface area contributed by atoms with Gasteiger partial charge in [-0.15, -0.1) is 4.98 Å². The van der Waals surface area contributed by atoms with Crippen molar-refractivity contribution in [3.8, 4) is 12.0 Å². The van der Waals surface area contributed by atoms with E-state index < -0.39 is 0 Å². The van der Waals surface area contributed by atoms with E-state index in [0.717, 1.165) is 19.4 Å². The summed E-state index contributed by atoms with van der Waals surface area (Å²) in [5, 5.41) is 3.02. The normalized spacial score (nSPS) is 10.2. The zero-order valence-corrected chi connectivity index (χ0v) is 11.1. The summed E-state index contributed by atoms with van der Waals surface area (Å²) in [5.41, 5.74) is 0. The van der Waals surface area contributed by atoms with Crippen molar-refractivity contribution in [3.63, 3.8) is 0 Å². The average Bonchev–Trinajstić information content (AvgIpc) is 2.42. The van der Waals surface area contributed by atoms with E-state index in [-0.39, 0.29) is 12.0 Å². The molecule has 0 saturated carbocycles. The van der Waals surface area contributed by atoms with Crippen molar-refractivity contribution in [1.29, 1.82) is 0 Å². The lowest BCUT2D eigenvalue weighted by Gasteiger charge is -2.07. The lowest BCUT2D eigenvalue weighted by atomic mass is 10.4. The number of ether oxygens (including phenoxy) is 3. The molecule has 0 saturated heterocycles. The van der Waals surface area contributed by atoms with Crippen LogP contribution < -0.4 is 14.8 Å². The first-order valence-corrected chi connectivity index (χ1v) is 5.95. The van der Waals surface area contributed by atoms with E-state index in [2.05, 4.69) is 27.2 Å². The van der Waals surface area contributed by atoms with E-state index >= 15 is 0 Å². The van der Waals surface area contributed by atoms with Crippen LogP contribution in [0.4, 0.5) is 5.95 Å². The maximum Gasteiger partial charge on any atom is 0.324 e. The number of unbranched alkanes of at least 4 members (excludes halogenated alkanes) is 1. The molecular weight excluding hydrogens is 236 g/mol. The molecule has 18 heavy (non-hydrogen) atoms. The van der Waals surface area contributed by atoms with Gasteiger partial charge in [0.1, 0.15) is 0 Å². The van der Waals surface area contributed by atoms with Gasteiger partial charge in [0.2, 0.25) is 5.95 Å². The van der Waals surface area contributed by atoms with Crippen LogP contribution in [0.1, 0.15) is 19.8 Å². The number of rotatable bonds is 9. The van der Waals surface area contributed by atoms with Crippen LogP contribution in [-0.4, -0.2) is 48.9 Å². The van der Waals surface area contributed by atoms with Crippen LogP contribution in [-0.2, 0) is 4.74 Å². The molecule has 102 valence electrons. The standard InChI is InChI=1S/C11H20N4O3/c1-4-5-7-18-8-6-12-9-13-10(16-2)15-11(14-9)17-3/h4-8H2,1-3H3,(H,12,13,14,15). The molecule has 7 heteroatoms. The lowest BCUT2D eigenvalue weighted by molar-refractivity contribution is 0.141. The average molecular weight is 256 g/mol. The van der Waals surface area contributed by atoms with Gasteiger partial charge in [-0.1, -0.05) is 13.3 Å². The molecule has 0 aliphatic carbocycles. The van der Waals surface area contributed by atoms with Crippen LogP contribution in [0, 0.1) is 0 Å². The van der Waals surface area contributed by atoms with Crippen LogP contribution in [0.15, 0.2) is 0 Å². The smallest absolute Gasteiger partial charge is 0.324 e. The molecule has 0 unspecified atom stereocenters. The van der Waals surface area contributed by atoms with Crippen molar-refractivity contribution < 1.29 is 14.2 Å². The highest BCUT2D eigenvalue weighted by Crippen LogP contribution is 2.11. The number of nitrogens with zero attached hydrogens (tertiary/aromatic N) is 3. The fourth-order valence-electron chi connectivity index (χ4n) is 1.18. The van der Waals surface area contributed by atoms with Gasteiger partial charge in [-0.25, -0.2) is 0 Å². The molecule has 1 rings (SSSR count). The van der Waals surface area contributed by atoms with Crippen molar-refractivity contribution in [1.82, 2.24) is 15.0 Å². The van der Waals surface area contributed by atoms with E-state index in [4.69, 9.17) is 14.2 Å². The Morgan fingerprint density at radius 3 is 2.22 bits per heavy atom. The summed E-state index contributed by atoms with van der Waals surface area (Å²) >= 11 is 0. The Morgan fingerprint density at radius 2 is 1.67 bits per heavy atom. The van der Waals surface area contributed by atoms with Crippen LogP contribution in [0.2, 0.25) is 0 Å². The van der Waals surface area contributed by atoms with Gasteiger partial charge in [-0.05, 0) is 6.42 Å². The molecule has 0 aliphatic heterocycles. The van der Waals surface area contributed by atoms with Crippen molar-refractivity contribution in [2.45, 2.75) is 19.8 Å². The highest BCUT2D eigenvalue weighted by molar-refractivity contribution is 5.27. The quantitative estimate of drug-likeness (QED) is 0.663. The van der Waals surface area contributed by atoms with Gasteiger partial charge in [0.05, 0.1) is 20.8 Å². The third-order valence-electron chi connectivity index (χ3n) is 2.13. The minimum absolute atomic E-state index is 0.219. The second-order valence-corrected chi connectivity index (χ2v) is 3.53. The number of nitrogens with one attached hydrogen (secondary N) is 1. The zero-order chi connectivity index (χ0) is 13.2. The summed E-state index contributed by atoms with van der Waals surface area (Å²) in [7, 11) is 2.98. The first-order chi connectivity index (χ1) is 8.80. The molecular formula is C11H20N4O3. The van der Waals surface area contributed by atoms with Crippen LogP contribution in [0.3, 0.4) is 0 Å². The van der Waals surface area contributed by atoms with Gasteiger partial charge >= 0.3 is 12.0 Å². The molecule has 0 fully saturated rings. The van der Waals surface area contributed by atoms with Crippen molar-refractivity contribution in [2.75, 3.05) is 39.3 Å². The molecule has 1 aromatic rings. The number of aromatic nitrogens is 3. The molecule has 0 spiro atoms. The first kappa shape index (κ1) is 14.4. The summed E-state index contributed by atoms with van der Waals surface area (Å²) in [4.78, 5) is 12.0. The number of hydrogen-bond acceptors (Lipinski definition) is 7. The summed E-state index contributed by atoms with van der Waals surface area (Å²) < 4.78 is 15.3. The Bertz CT molecular complexity index is 327. The molecule has 0 aromatic carbocycles. The minimum Gasteiger partial charge on any atom is -0.467 e. The second-order valence-electron chi connectivity index (χ2n) is 3.53. The highest BCUT2D eigenvalue weighted by atomic mass is 16.5. The van der Waals surface area contributed by atoms with Gasteiger partial charge < -0.3 is 19.5 Å². The summed E-state index contributed by atoms with van der Waals surface area (Å²) in [6.07, 6.45) is 2.21. The SMILES string of the molecule is CCCCOCCNc1nc(OC)nc(OC)n1. The van der Waals surface area contributed by atoms with Gasteiger partial charge in [0.25, 0.3) is 0 Å². The molecule has 1 heterocycles. The number of methoxy groups -OCH3 is 2. The molecule has 0 amide bonds. The van der Waals surface area contributed by atoms with Crippen LogP contribution in [0.25, 0.3) is 0 Å². The number of hydrogen-bond donors (Lipinski definition) is 1. The van der Waals surface area contributed by atoms with Crippen molar-refractivity contribution in [3.05, 3.63) is 0 Å². The highest BCUT2D eigenvalue weighted by Gasteiger charge is 2.06. The molecule has 0 bridgehead atoms. The van der Waals surface area contributed by atoms with E-state index in [0.29, 0.717) is 19.1 Å². The molecule has 0 atom stereocenters. The maximum absolute atomic E-state index is 5.41. The topological polar surface area (TPSA) is 78.4 Å². The molecule has 0 aliphatic rings. The largest absolute Gasteiger partial charge is 0.467 e. The Hall–Kier alpha value is -1.63. The Labute approximate surface area is 107 Å². The predicted octanol–water partition coefficient (Wildman–Crippen LogP) is 1.12. The summed E-state index contributed by atoms with van der Waals surface area (Å²) in [6, 6.07) is 0.438.